The van der Waals surface area contributed by atoms with Crippen LogP contribution in [0.1, 0.15) is 13.8 Å². The maximum absolute atomic E-state index is 5.12. The standard InChI is InChI=1S/C8H15NO/c1-5(2)7-8(9-7)6-3-10-4-6/h5-9H,3-4H2,1-2H3. The van der Waals surface area contributed by atoms with Gasteiger partial charge in [0.15, 0.2) is 0 Å². The van der Waals surface area contributed by atoms with Crippen molar-refractivity contribution in [2.24, 2.45) is 11.8 Å². The Labute approximate surface area is 61.9 Å². The fourth-order valence-electron chi connectivity index (χ4n) is 1.66. The molecule has 0 aromatic rings. The van der Waals surface area contributed by atoms with Crippen LogP contribution in [0, 0.1) is 11.8 Å². The summed E-state index contributed by atoms with van der Waals surface area (Å²) in [6.07, 6.45) is 0. The Bertz CT molecular complexity index is 131. The van der Waals surface area contributed by atoms with Gasteiger partial charge in [0.25, 0.3) is 0 Å². The topological polar surface area (TPSA) is 31.2 Å². The van der Waals surface area contributed by atoms with Crippen LogP contribution in [-0.2, 0) is 4.74 Å². The molecular formula is C8H15NO. The molecule has 1 N–H and O–H groups in total. The molecular weight excluding hydrogens is 126 g/mol. The van der Waals surface area contributed by atoms with E-state index in [-0.39, 0.29) is 0 Å². The summed E-state index contributed by atoms with van der Waals surface area (Å²) in [4.78, 5) is 0. The number of rotatable bonds is 2. The SMILES string of the molecule is CC(C)C1NC1C1COC1. The van der Waals surface area contributed by atoms with Gasteiger partial charge in [0.05, 0.1) is 13.2 Å². The third-order valence-electron chi connectivity index (χ3n) is 2.55. The molecule has 2 saturated heterocycles. The maximum atomic E-state index is 5.12. The highest BCUT2D eigenvalue weighted by molar-refractivity contribution is 5.05. The fraction of sp³-hybridized carbons (Fsp3) is 1.00. The average molecular weight is 141 g/mol. The van der Waals surface area contributed by atoms with Crippen LogP contribution >= 0.6 is 0 Å². The van der Waals surface area contributed by atoms with E-state index in [4.69, 9.17) is 4.74 Å². The van der Waals surface area contributed by atoms with Gasteiger partial charge in [0.1, 0.15) is 0 Å². The van der Waals surface area contributed by atoms with Crippen LogP contribution in [0.2, 0.25) is 0 Å². The average Bonchev–Trinajstić information content (AvgIpc) is 2.40. The quantitative estimate of drug-likeness (QED) is 0.572. The fourth-order valence-corrected chi connectivity index (χ4v) is 1.66. The number of nitrogens with one attached hydrogen (secondary N) is 1. The van der Waals surface area contributed by atoms with E-state index in [2.05, 4.69) is 19.2 Å². The minimum absolute atomic E-state index is 0.786. The molecule has 2 nitrogen and oxygen atoms in total. The van der Waals surface area contributed by atoms with Crippen molar-refractivity contribution in [1.29, 1.82) is 0 Å². The largest absolute Gasteiger partial charge is 0.381 e. The van der Waals surface area contributed by atoms with E-state index in [0.717, 1.165) is 37.1 Å². The predicted octanol–water partition coefficient (Wildman–Crippen LogP) is 0.629. The second-order valence-electron chi connectivity index (χ2n) is 3.76. The van der Waals surface area contributed by atoms with Gasteiger partial charge in [0.2, 0.25) is 0 Å². The van der Waals surface area contributed by atoms with Crippen molar-refractivity contribution in [2.45, 2.75) is 25.9 Å². The maximum Gasteiger partial charge on any atom is 0.0532 e. The second kappa shape index (κ2) is 2.21. The minimum atomic E-state index is 0.786. The van der Waals surface area contributed by atoms with Gasteiger partial charge in [0, 0.05) is 18.0 Å². The van der Waals surface area contributed by atoms with Gasteiger partial charge in [-0.15, -0.1) is 0 Å². The van der Waals surface area contributed by atoms with E-state index >= 15 is 0 Å². The van der Waals surface area contributed by atoms with Crippen molar-refractivity contribution in [3.05, 3.63) is 0 Å². The molecule has 0 amide bonds. The first kappa shape index (κ1) is 6.62. The third-order valence-corrected chi connectivity index (χ3v) is 2.55. The van der Waals surface area contributed by atoms with E-state index in [0.29, 0.717) is 0 Å². The smallest absolute Gasteiger partial charge is 0.0532 e. The number of ether oxygens (including phenoxy) is 1. The van der Waals surface area contributed by atoms with Crippen molar-refractivity contribution in [2.75, 3.05) is 13.2 Å². The summed E-state index contributed by atoms with van der Waals surface area (Å²) in [5.41, 5.74) is 0. The van der Waals surface area contributed by atoms with Crippen LogP contribution < -0.4 is 5.32 Å². The Hall–Kier alpha value is -0.0800. The lowest BCUT2D eigenvalue weighted by molar-refractivity contribution is -0.0333. The molecule has 0 aliphatic carbocycles. The van der Waals surface area contributed by atoms with Gasteiger partial charge in [-0.1, -0.05) is 13.8 Å². The molecule has 0 spiro atoms. The summed E-state index contributed by atoms with van der Waals surface area (Å²) >= 11 is 0. The number of hydrogen-bond donors (Lipinski definition) is 1. The summed E-state index contributed by atoms with van der Waals surface area (Å²) < 4.78 is 5.12. The molecule has 10 heavy (non-hydrogen) atoms. The van der Waals surface area contributed by atoms with E-state index in [9.17, 15) is 0 Å². The first-order chi connectivity index (χ1) is 4.79. The van der Waals surface area contributed by atoms with Crippen LogP contribution in [0.3, 0.4) is 0 Å². The van der Waals surface area contributed by atoms with Crippen molar-refractivity contribution in [3.63, 3.8) is 0 Å². The lowest BCUT2D eigenvalue weighted by Gasteiger charge is -2.25. The molecule has 58 valence electrons. The molecule has 2 heteroatoms. The Morgan fingerprint density at radius 2 is 2.10 bits per heavy atom. The zero-order valence-corrected chi connectivity index (χ0v) is 6.63. The van der Waals surface area contributed by atoms with Crippen LogP contribution in [-0.4, -0.2) is 25.3 Å². The van der Waals surface area contributed by atoms with Crippen LogP contribution in [0.5, 0.6) is 0 Å². The van der Waals surface area contributed by atoms with Crippen molar-refractivity contribution in [1.82, 2.24) is 5.32 Å². The monoisotopic (exact) mass is 141 g/mol. The molecule has 2 aliphatic rings. The van der Waals surface area contributed by atoms with Gasteiger partial charge in [-0.3, -0.25) is 0 Å². The molecule has 0 bridgehead atoms. The zero-order valence-electron chi connectivity index (χ0n) is 6.63. The van der Waals surface area contributed by atoms with Crippen LogP contribution in [0.15, 0.2) is 0 Å². The van der Waals surface area contributed by atoms with Crippen molar-refractivity contribution < 1.29 is 4.74 Å². The second-order valence-corrected chi connectivity index (χ2v) is 3.76. The molecule has 2 fully saturated rings. The summed E-state index contributed by atoms with van der Waals surface area (Å²) in [6, 6.07) is 1.57. The molecule has 2 aliphatic heterocycles. The highest BCUT2D eigenvalue weighted by atomic mass is 16.5. The van der Waals surface area contributed by atoms with E-state index in [1.54, 1.807) is 0 Å². The predicted molar refractivity (Wildman–Crippen MR) is 39.9 cm³/mol. The molecule has 0 aromatic heterocycles. The zero-order chi connectivity index (χ0) is 7.14. The minimum Gasteiger partial charge on any atom is -0.381 e. The highest BCUT2D eigenvalue weighted by Gasteiger charge is 2.46. The first-order valence-corrected chi connectivity index (χ1v) is 4.13. The third kappa shape index (κ3) is 0.956. The molecule has 0 saturated carbocycles. The lowest BCUT2D eigenvalue weighted by Crippen LogP contribution is -2.34. The molecule has 0 aromatic carbocycles. The lowest BCUT2D eigenvalue weighted by atomic mass is 9.97. The first-order valence-electron chi connectivity index (χ1n) is 4.13. The van der Waals surface area contributed by atoms with E-state index in [1.807, 2.05) is 0 Å². The summed E-state index contributed by atoms with van der Waals surface area (Å²) in [6.45, 7) is 6.52. The summed E-state index contributed by atoms with van der Waals surface area (Å²) in [7, 11) is 0. The Morgan fingerprint density at radius 3 is 2.40 bits per heavy atom. The summed E-state index contributed by atoms with van der Waals surface area (Å²) in [5.74, 6) is 1.62. The molecule has 2 atom stereocenters. The highest BCUT2D eigenvalue weighted by Crippen LogP contribution is 2.30. The van der Waals surface area contributed by atoms with Gasteiger partial charge in [-0.2, -0.15) is 0 Å². The van der Waals surface area contributed by atoms with Gasteiger partial charge >= 0.3 is 0 Å². The molecule has 0 radical (unpaired) electrons. The molecule has 2 heterocycles. The van der Waals surface area contributed by atoms with E-state index < -0.39 is 0 Å². The number of hydrogen-bond acceptors (Lipinski definition) is 2. The van der Waals surface area contributed by atoms with Crippen molar-refractivity contribution in [3.8, 4) is 0 Å². The summed E-state index contributed by atoms with van der Waals surface area (Å²) in [5, 5.41) is 3.49. The molecule has 2 unspecified atom stereocenters. The van der Waals surface area contributed by atoms with E-state index in [1.165, 1.54) is 0 Å². The van der Waals surface area contributed by atoms with Gasteiger partial charge in [-0.05, 0) is 5.92 Å². The Morgan fingerprint density at radius 1 is 1.40 bits per heavy atom. The Balaban J connectivity index is 1.78. The van der Waals surface area contributed by atoms with Gasteiger partial charge < -0.3 is 10.1 Å². The molecule has 2 rings (SSSR count). The van der Waals surface area contributed by atoms with Gasteiger partial charge in [-0.25, -0.2) is 0 Å². The Kier molecular flexibility index (Phi) is 1.46. The van der Waals surface area contributed by atoms with Crippen LogP contribution in [0.4, 0.5) is 0 Å². The van der Waals surface area contributed by atoms with Crippen molar-refractivity contribution >= 4 is 0 Å². The normalized spacial score (nSPS) is 39.9. The van der Waals surface area contributed by atoms with Crippen LogP contribution in [0.25, 0.3) is 0 Å².